The van der Waals surface area contributed by atoms with Gasteiger partial charge in [0, 0.05) is 23.5 Å². The van der Waals surface area contributed by atoms with Crippen molar-refractivity contribution in [2.75, 3.05) is 0 Å². The van der Waals surface area contributed by atoms with Gasteiger partial charge in [0.2, 0.25) is 0 Å². The molecule has 0 radical (unpaired) electrons. The average molecular weight is 459 g/mol. The van der Waals surface area contributed by atoms with E-state index in [2.05, 4.69) is 33.8 Å². The lowest BCUT2D eigenvalue weighted by Gasteiger charge is -2.56. The Kier molecular flexibility index (Phi) is 5.58. The molecule has 4 atom stereocenters. The zero-order valence-electron chi connectivity index (χ0n) is 20.6. The summed E-state index contributed by atoms with van der Waals surface area (Å²) in [5.74, 6) is 1.47. The topological polar surface area (TPSA) is 55.8 Å². The summed E-state index contributed by atoms with van der Waals surface area (Å²) >= 11 is 0. The zero-order valence-corrected chi connectivity index (χ0v) is 20.6. The number of phenolic OH excluding ortho intramolecular Hbond substituents is 1. The second-order valence-electron chi connectivity index (χ2n) is 10.9. The molecule has 178 valence electrons. The number of carbonyl (C=O) groups is 1. The maximum atomic E-state index is 13.4. The number of allylic oxidation sites excluding steroid dienone is 3. The third-order valence-electron chi connectivity index (χ3n) is 7.90. The van der Waals surface area contributed by atoms with Crippen LogP contribution in [0.15, 0.2) is 54.1 Å². The number of fused-ring (bicyclic) bond motifs is 1. The second kappa shape index (κ2) is 8.33. The molecule has 5 rings (SSSR count). The maximum absolute atomic E-state index is 13.4. The average Bonchev–Trinajstić information content (AvgIpc) is 2.77. The monoisotopic (exact) mass is 458 g/mol. The van der Waals surface area contributed by atoms with Crippen molar-refractivity contribution >= 4 is 11.9 Å². The Morgan fingerprint density at radius 3 is 2.68 bits per heavy atom. The summed E-state index contributed by atoms with van der Waals surface area (Å²) in [4.78, 5) is 13.4. The quantitative estimate of drug-likeness (QED) is 0.282. The summed E-state index contributed by atoms with van der Waals surface area (Å²) in [5.41, 5.74) is 2.79. The first-order valence-electron chi connectivity index (χ1n) is 12.4. The smallest absolute Gasteiger partial charge is 0.193 e. The first-order chi connectivity index (χ1) is 16.2. The molecule has 2 aromatic carbocycles. The maximum Gasteiger partial charge on any atom is 0.193 e. The number of hydrogen-bond donors (Lipinski definition) is 1. The van der Waals surface area contributed by atoms with Gasteiger partial charge in [0.25, 0.3) is 0 Å². The second-order valence-corrected chi connectivity index (χ2v) is 10.9. The van der Waals surface area contributed by atoms with E-state index in [1.165, 1.54) is 11.6 Å². The summed E-state index contributed by atoms with van der Waals surface area (Å²) in [6.45, 7) is 8.59. The molecular formula is C30H34O4. The van der Waals surface area contributed by atoms with Crippen molar-refractivity contribution in [3.8, 4) is 17.2 Å². The number of carbonyl (C=O) groups excluding carboxylic acids is 1. The first kappa shape index (κ1) is 22.8. The summed E-state index contributed by atoms with van der Waals surface area (Å²) in [5, 5.41) is 11.0. The number of ether oxygens (including phenoxy) is 2. The molecule has 2 aliphatic heterocycles. The highest BCUT2D eigenvalue weighted by Gasteiger charge is 2.56. The van der Waals surface area contributed by atoms with Crippen LogP contribution in [0.5, 0.6) is 17.2 Å². The molecule has 1 saturated carbocycles. The first-order valence-corrected chi connectivity index (χ1v) is 12.4. The van der Waals surface area contributed by atoms with Gasteiger partial charge in [0.15, 0.2) is 5.78 Å². The molecule has 2 heterocycles. The van der Waals surface area contributed by atoms with Gasteiger partial charge < -0.3 is 14.6 Å². The summed E-state index contributed by atoms with van der Waals surface area (Å²) in [6, 6.07) is 11.3. The molecule has 0 saturated heterocycles. The van der Waals surface area contributed by atoms with E-state index in [4.69, 9.17) is 9.47 Å². The minimum absolute atomic E-state index is 0.0786. The molecule has 2 bridgehead atoms. The molecule has 0 amide bonds. The van der Waals surface area contributed by atoms with Crippen LogP contribution in [0.25, 0.3) is 6.08 Å². The van der Waals surface area contributed by atoms with Gasteiger partial charge in [-0.1, -0.05) is 48.1 Å². The van der Waals surface area contributed by atoms with Gasteiger partial charge in [-0.3, -0.25) is 4.79 Å². The van der Waals surface area contributed by atoms with E-state index >= 15 is 0 Å². The Bertz CT molecular complexity index is 1170. The van der Waals surface area contributed by atoms with Gasteiger partial charge in [0.1, 0.15) is 34.0 Å². The zero-order chi connectivity index (χ0) is 24.1. The van der Waals surface area contributed by atoms with E-state index < -0.39 is 5.60 Å². The Morgan fingerprint density at radius 2 is 1.94 bits per heavy atom. The normalized spacial score (nSPS) is 28.7. The molecule has 34 heavy (non-hydrogen) atoms. The highest BCUT2D eigenvalue weighted by molar-refractivity contribution is 6.11. The number of aromatic hydroxyl groups is 1. The fraction of sp³-hybridized carbons (Fsp3) is 0.433. The van der Waals surface area contributed by atoms with Gasteiger partial charge in [-0.25, -0.2) is 0 Å². The van der Waals surface area contributed by atoms with Crippen molar-refractivity contribution in [3.05, 3.63) is 70.8 Å². The van der Waals surface area contributed by atoms with Gasteiger partial charge >= 0.3 is 0 Å². The van der Waals surface area contributed by atoms with E-state index in [0.29, 0.717) is 17.4 Å². The van der Waals surface area contributed by atoms with Gasteiger partial charge in [0.05, 0.1) is 0 Å². The van der Waals surface area contributed by atoms with Crippen LogP contribution in [0, 0.1) is 5.92 Å². The number of hydrogen-bond acceptors (Lipinski definition) is 4. The van der Waals surface area contributed by atoms with Crippen molar-refractivity contribution in [2.24, 2.45) is 5.92 Å². The van der Waals surface area contributed by atoms with Gasteiger partial charge in [-0.15, -0.1) is 0 Å². The van der Waals surface area contributed by atoms with Gasteiger partial charge in [-0.2, -0.15) is 0 Å². The highest BCUT2D eigenvalue weighted by Crippen LogP contribution is 2.62. The Balaban J connectivity index is 1.59. The summed E-state index contributed by atoms with van der Waals surface area (Å²) in [6.07, 6.45) is 10.3. The SMILES string of the molecule is CC(C)=CCC[C@@]1(C)Oc2c(C(=O)/C=C/c3ccccc3)c(O)cc3c2[C@@H]2C[C@@](C)(CC[C@@H]21)O3. The van der Waals surface area contributed by atoms with E-state index in [0.717, 1.165) is 43.2 Å². The lowest BCUT2D eigenvalue weighted by Crippen LogP contribution is -2.55. The van der Waals surface area contributed by atoms with Crippen molar-refractivity contribution in [1.82, 2.24) is 0 Å². The predicted octanol–water partition coefficient (Wildman–Crippen LogP) is 7.22. The van der Waals surface area contributed by atoms with Crippen molar-refractivity contribution in [2.45, 2.75) is 76.9 Å². The van der Waals surface area contributed by atoms with E-state index in [1.807, 2.05) is 30.3 Å². The van der Waals surface area contributed by atoms with Crippen LogP contribution in [0.2, 0.25) is 0 Å². The predicted molar refractivity (Wildman–Crippen MR) is 135 cm³/mol. The summed E-state index contributed by atoms with van der Waals surface area (Å²) in [7, 11) is 0. The number of rotatable bonds is 6. The van der Waals surface area contributed by atoms with Crippen molar-refractivity contribution in [3.63, 3.8) is 0 Å². The van der Waals surface area contributed by atoms with Crippen LogP contribution in [-0.4, -0.2) is 22.1 Å². The Labute approximate surface area is 202 Å². The molecule has 1 fully saturated rings. The molecule has 0 spiro atoms. The molecule has 0 unspecified atom stereocenters. The van der Waals surface area contributed by atoms with Crippen LogP contribution < -0.4 is 9.47 Å². The lowest BCUT2D eigenvalue weighted by molar-refractivity contribution is -0.0840. The number of ketones is 1. The third-order valence-corrected chi connectivity index (χ3v) is 7.90. The third kappa shape index (κ3) is 3.93. The highest BCUT2D eigenvalue weighted by atomic mass is 16.5. The molecule has 4 nitrogen and oxygen atoms in total. The van der Waals surface area contributed by atoms with Gasteiger partial charge in [-0.05, 0) is 71.4 Å². The molecule has 4 heteroatoms. The number of benzene rings is 2. The van der Waals surface area contributed by atoms with E-state index in [1.54, 1.807) is 12.1 Å². The molecular weight excluding hydrogens is 424 g/mol. The summed E-state index contributed by atoms with van der Waals surface area (Å²) < 4.78 is 13.2. The molecule has 1 N–H and O–H groups in total. The van der Waals surface area contributed by atoms with E-state index in [-0.39, 0.29) is 28.6 Å². The number of phenols is 1. The van der Waals surface area contributed by atoms with Crippen LogP contribution >= 0.6 is 0 Å². The van der Waals surface area contributed by atoms with E-state index in [9.17, 15) is 9.90 Å². The molecule has 3 aliphatic rings. The fourth-order valence-corrected chi connectivity index (χ4v) is 6.19. The Hall–Kier alpha value is -3.01. The standard InChI is InChI=1S/C30H34O4/c1-19(2)9-8-15-30(4)22-14-16-29(3)18-21(22)26-25(33-29)17-24(32)27(28(26)34-30)23(31)13-12-20-10-6-5-7-11-20/h5-7,9-13,17,21-22,32H,8,14-16,18H2,1-4H3/b13-12+/t21-,22+,29-,30-/m1/s1. The molecule has 1 aliphatic carbocycles. The molecule has 2 aromatic rings. The van der Waals surface area contributed by atoms with Crippen LogP contribution in [0.4, 0.5) is 0 Å². The van der Waals surface area contributed by atoms with Crippen LogP contribution in [-0.2, 0) is 0 Å². The minimum atomic E-state index is -0.411. The van der Waals surface area contributed by atoms with Crippen LogP contribution in [0.3, 0.4) is 0 Å². The largest absolute Gasteiger partial charge is 0.507 e. The fourth-order valence-electron chi connectivity index (χ4n) is 6.19. The van der Waals surface area contributed by atoms with Crippen molar-refractivity contribution < 1.29 is 19.4 Å². The minimum Gasteiger partial charge on any atom is -0.507 e. The lowest BCUT2D eigenvalue weighted by atomic mass is 9.60. The molecule has 0 aromatic heterocycles. The Morgan fingerprint density at radius 1 is 1.18 bits per heavy atom. The van der Waals surface area contributed by atoms with Crippen molar-refractivity contribution in [1.29, 1.82) is 0 Å². The van der Waals surface area contributed by atoms with Crippen LogP contribution in [0.1, 0.15) is 87.2 Å².